The average Bonchev–Trinajstić information content (AvgIpc) is 2.70. The van der Waals surface area contributed by atoms with Crippen LogP contribution in [-0.4, -0.2) is 50.3 Å². The maximum atomic E-state index is 11.1. The number of aliphatic carboxylic acids is 1. The number of carbonyl (C=O) groups excluding carboxylic acids is 1. The first-order valence-electron chi connectivity index (χ1n) is 5.91. The molecule has 1 aliphatic rings. The highest BCUT2D eigenvalue weighted by atomic mass is 16.4. The standard InChI is InChI=1S/C13H15NO5/c1-7(10-3-2-8(15)5-12(10)17)14-6-9(16)4-11(14)13(18)19/h2-3,5,9,11,16H,4,6H2,1H3,(H2,15,17,18,19). The summed E-state index contributed by atoms with van der Waals surface area (Å²) in [5.41, 5.74) is 0.932. The summed E-state index contributed by atoms with van der Waals surface area (Å²) >= 11 is 0. The first kappa shape index (κ1) is 13.4. The number of aliphatic hydroxyl groups is 1. The highest BCUT2D eigenvalue weighted by Gasteiger charge is 2.37. The van der Waals surface area contributed by atoms with Crippen LogP contribution in [0, 0.1) is 0 Å². The van der Waals surface area contributed by atoms with Gasteiger partial charge in [0, 0.05) is 19.4 Å². The highest BCUT2D eigenvalue weighted by Crippen LogP contribution is 2.24. The SMILES string of the molecule is CC(c1ccc(O)cc1O)=[N+]1CC(O)CC1C(=O)[O-]. The van der Waals surface area contributed by atoms with Gasteiger partial charge < -0.3 is 25.2 Å². The number of phenolic OH excluding ortho intramolecular Hbond substituents is 2. The Hall–Kier alpha value is -2.08. The van der Waals surface area contributed by atoms with Gasteiger partial charge in [-0.1, -0.05) is 0 Å². The zero-order valence-electron chi connectivity index (χ0n) is 10.4. The van der Waals surface area contributed by atoms with Gasteiger partial charge in [-0.25, -0.2) is 4.58 Å². The monoisotopic (exact) mass is 265 g/mol. The Morgan fingerprint density at radius 2 is 2.11 bits per heavy atom. The molecule has 1 heterocycles. The zero-order valence-corrected chi connectivity index (χ0v) is 10.4. The van der Waals surface area contributed by atoms with Gasteiger partial charge in [0.1, 0.15) is 23.6 Å². The van der Waals surface area contributed by atoms with Crippen LogP contribution in [0.25, 0.3) is 0 Å². The Kier molecular flexibility index (Phi) is 3.44. The summed E-state index contributed by atoms with van der Waals surface area (Å²) in [6, 6.07) is 3.17. The molecule has 1 fully saturated rings. The number of aromatic hydroxyl groups is 2. The van der Waals surface area contributed by atoms with Crippen molar-refractivity contribution in [1.29, 1.82) is 0 Å². The van der Waals surface area contributed by atoms with Crippen molar-refractivity contribution in [3.63, 3.8) is 0 Å². The van der Waals surface area contributed by atoms with Gasteiger partial charge in [0.25, 0.3) is 0 Å². The molecule has 1 aromatic carbocycles. The summed E-state index contributed by atoms with van der Waals surface area (Å²) in [7, 11) is 0. The van der Waals surface area contributed by atoms with Gasteiger partial charge in [0.2, 0.25) is 0 Å². The lowest BCUT2D eigenvalue weighted by molar-refractivity contribution is -0.546. The van der Waals surface area contributed by atoms with Gasteiger partial charge in [0.15, 0.2) is 18.3 Å². The first-order chi connectivity index (χ1) is 8.90. The minimum atomic E-state index is -1.26. The molecule has 0 aromatic heterocycles. The van der Waals surface area contributed by atoms with E-state index in [1.807, 2.05) is 0 Å². The maximum Gasteiger partial charge on any atom is 0.195 e. The van der Waals surface area contributed by atoms with Gasteiger partial charge >= 0.3 is 0 Å². The number of aliphatic hydroxyl groups excluding tert-OH is 1. The third-order valence-electron chi connectivity index (χ3n) is 3.35. The van der Waals surface area contributed by atoms with Gasteiger partial charge in [-0.15, -0.1) is 0 Å². The van der Waals surface area contributed by atoms with E-state index in [4.69, 9.17) is 0 Å². The topological polar surface area (TPSA) is 104 Å². The molecule has 1 aromatic rings. The fourth-order valence-corrected chi connectivity index (χ4v) is 2.39. The van der Waals surface area contributed by atoms with Crippen LogP contribution in [-0.2, 0) is 4.79 Å². The van der Waals surface area contributed by atoms with Crippen LogP contribution in [0.5, 0.6) is 11.5 Å². The van der Waals surface area contributed by atoms with E-state index in [1.54, 1.807) is 6.92 Å². The van der Waals surface area contributed by atoms with Crippen molar-refractivity contribution in [2.75, 3.05) is 6.54 Å². The summed E-state index contributed by atoms with van der Waals surface area (Å²) in [4.78, 5) is 11.1. The van der Waals surface area contributed by atoms with Crippen molar-refractivity contribution in [3.05, 3.63) is 23.8 Å². The lowest BCUT2D eigenvalue weighted by Crippen LogP contribution is -2.42. The molecule has 6 nitrogen and oxygen atoms in total. The Labute approximate surface area is 109 Å². The van der Waals surface area contributed by atoms with Crippen LogP contribution >= 0.6 is 0 Å². The Morgan fingerprint density at radius 1 is 1.42 bits per heavy atom. The van der Waals surface area contributed by atoms with Crippen molar-refractivity contribution < 1.29 is 29.8 Å². The molecule has 6 heteroatoms. The minimum Gasteiger partial charge on any atom is -0.543 e. The third kappa shape index (κ3) is 2.53. The lowest BCUT2D eigenvalue weighted by atomic mass is 10.1. The summed E-state index contributed by atoms with van der Waals surface area (Å²) in [6.45, 7) is 1.82. The fraction of sp³-hybridized carbons (Fsp3) is 0.385. The van der Waals surface area contributed by atoms with Crippen molar-refractivity contribution in [3.8, 4) is 11.5 Å². The Balaban J connectivity index is 2.48. The molecule has 3 N–H and O–H groups in total. The predicted molar refractivity (Wildman–Crippen MR) is 64.1 cm³/mol. The van der Waals surface area contributed by atoms with Crippen LogP contribution < -0.4 is 5.11 Å². The molecule has 2 unspecified atom stereocenters. The minimum absolute atomic E-state index is 0.0769. The predicted octanol–water partition coefficient (Wildman–Crippen LogP) is -1.20. The molecule has 2 atom stereocenters. The molecule has 19 heavy (non-hydrogen) atoms. The van der Waals surface area contributed by atoms with Gasteiger partial charge in [0.05, 0.1) is 5.56 Å². The van der Waals surface area contributed by atoms with Crippen LogP contribution in [0.1, 0.15) is 18.9 Å². The Bertz CT molecular complexity index is 552. The van der Waals surface area contributed by atoms with E-state index >= 15 is 0 Å². The number of rotatable bonds is 2. The molecule has 0 radical (unpaired) electrons. The van der Waals surface area contributed by atoms with E-state index in [1.165, 1.54) is 22.8 Å². The number of hydrogen-bond donors (Lipinski definition) is 3. The summed E-state index contributed by atoms with van der Waals surface area (Å²) in [5.74, 6) is -1.47. The summed E-state index contributed by atoms with van der Waals surface area (Å²) in [5, 5.41) is 39.7. The number of carboxylic acid groups (broad SMARTS) is 1. The van der Waals surface area contributed by atoms with Crippen LogP contribution in [0.3, 0.4) is 0 Å². The third-order valence-corrected chi connectivity index (χ3v) is 3.35. The first-order valence-corrected chi connectivity index (χ1v) is 5.91. The number of carbonyl (C=O) groups is 1. The van der Waals surface area contributed by atoms with Crippen molar-refractivity contribution in [1.82, 2.24) is 0 Å². The second kappa shape index (κ2) is 4.89. The van der Waals surface area contributed by atoms with Gasteiger partial charge in [-0.05, 0) is 12.1 Å². The quantitative estimate of drug-likeness (QED) is 0.583. The molecule has 1 aliphatic heterocycles. The molecule has 0 amide bonds. The molecule has 0 spiro atoms. The highest BCUT2D eigenvalue weighted by molar-refractivity contribution is 5.98. The fourth-order valence-electron chi connectivity index (χ4n) is 2.39. The number of β-amino-alcohol motifs (C(OH)–C–C–N with tert-alkyl or cyclic N) is 1. The van der Waals surface area contributed by atoms with Crippen LogP contribution in [0.15, 0.2) is 18.2 Å². The normalized spacial score (nSPS) is 25.4. The van der Waals surface area contributed by atoms with E-state index < -0.39 is 18.1 Å². The molecular formula is C13H15NO5. The second-order valence-corrected chi connectivity index (χ2v) is 4.66. The molecule has 0 bridgehead atoms. The van der Waals surface area contributed by atoms with E-state index in [0.717, 1.165) is 0 Å². The van der Waals surface area contributed by atoms with E-state index in [9.17, 15) is 25.2 Å². The largest absolute Gasteiger partial charge is 0.543 e. The lowest BCUT2D eigenvalue weighted by Gasteiger charge is -2.11. The number of phenols is 2. The van der Waals surface area contributed by atoms with Gasteiger partial charge in [-0.3, -0.25) is 0 Å². The molecule has 0 saturated carbocycles. The molecule has 2 rings (SSSR count). The summed E-state index contributed by atoms with van der Waals surface area (Å²) in [6.07, 6.45) is -0.643. The zero-order chi connectivity index (χ0) is 14.2. The van der Waals surface area contributed by atoms with Crippen molar-refractivity contribution in [2.24, 2.45) is 0 Å². The number of benzene rings is 1. The van der Waals surface area contributed by atoms with Crippen LogP contribution in [0.4, 0.5) is 0 Å². The summed E-state index contributed by atoms with van der Waals surface area (Å²) < 4.78 is 1.49. The molecule has 102 valence electrons. The number of hydrogen-bond acceptors (Lipinski definition) is 5. The van der Waals surface area contributed by atoms with Crippen molar-refractivity contribution >= 4 is 11.7 Å². The molecular weight excluding hydrogens is 250 g/mol. The van der Waals surface area contributed by atoms with E-state index in [2.05, 4.69) is 0 Å². The van der Waals surface area contributed by atoms with Gasteiger partial charge in [-0.2, -0.15) is 0 Å². The van der Waals surface area contributed by atoms with E-state index in [-0.39, 0.29) is 24.5 Å². The number of carboxylic acids is 1. The maximum absolute atomic E-state index is 11.1. The van der Waals surface area contributed by atoms with Crippen molar-refractivity contribution in [2.45, 2.75) is 25.5 Å². The average molecular weight is 265 g/mol. The van der Waals surface area contributed by atoms with Crippen LogP contribution in [0.2, 0.25) is 0 Å². The molecule has 0 aliphatic carbocycles. The number of nitrogens with zero attached hydrogens (tertiary/aromatic N) is 1. The van der Waals surface area contributed by atoms with E-state index in [0.29, 0.717) is 11.3 Å². The smallest absolute Gasteiger partial charge is 0.195 e. The second-order valence-electron chi connectivity index (χ2n) is 4.66. The Morgan fingerprint density at radius 3 is 2.68 bits per heavy atom. The molecule has 1 saturated heterocycles.